The van der Waals surface area contributed by atoms with Crippen LogP contribution in [0.5, 0.6) is 0 Å². The molecule has 0 radical (unpaired) electrons. The number of para-hydroxylation sites is 1. The SMILES string of the molecule is C[C@@H]1CCc2c(sc(NC(=O)CN3CCCc4ccccc43)c2C#N)C1. The van der Waals surface area contributed by atoms with Crippen molar-refractivity contribution < 1.29 is 4.79 Å². The van der Waals surface area contributed by atoms with Crippen molar-refractivity contribution in [3.8, 4) is 6.07 Å². The molecule has 1 aromatic carbocycles. The molecule has 4 nitrogen and oxygen atoms in total. The van der Waals surface area contributed by atoms with Crippen LogP contribution in [0.2, 0.25) is 0 Å². The molecule has 0 unspecified atom stereocenters. The molecule has 26 heavy (non-hydrogen) atoms. The molecule has 0 bridgehead atoms. The van der Waals surface area contributed by atoms with E-state index in [0.717, 1.165) is 54.9 Å². The molecule has 1 aliphatic carbocycles. The number of carbonyl (C=O) groups is 1. The van der Waals surface area contributed by atoms with Gasteiger partial charge in [0.05, 0.1) is 12.1 Å². The lowest BCUT2D eigenvalue weighted by atomic mass is 9.89. The van der Waals surface area contributed by atoms with Crippen LogP contribution in [-0.2, 0) is 24.1 Å². The van der Waals surface area contributed by atoms with Crippen LogP contribution in [0.1, 0.15) is 41.3 Å². The third-order valence-electron chi connectivity index (χ3n) is 5.42. The molecule has 2 heterocycles. The van der Waals surface area contributed by atoms with Gasteiger partial charge in [0.15, 0.2) is 0 Å². The lowest BCUT2D eigenvalue weighted by Crippen LogP contribution is -2.36. The standard InChI is InChI=1S/C21H23N3OS/c1-14-8-9-16-17(12-22)21(26-19(16)11-14)23-20(25)13-24-10-4-6-15-5-2-3-7-18(15)24/h2-3,5,7,14H,4,6,8-11,13H2,1H3,(H,23,25)/t14-/m1/s1. The van der Waals surface area contributed by atoms with Gasteiger partial charge >= 0.3 is 0 Å². The monoisotopic (exact) mass is 365 g/mol. The summed E-state index contributed by atoms with van der Waals surface area (Å²) in [5.74, 6) is 0.617. The quantitative estimate of drug-likeness (QED) is 0.889. The molecule has 1 aliphatic heterocycles. The molecule has 1 aromatic heterocycles. The fourth-order valence-corrected chi connectivity index (χ4v) is 5.45. The summed E-state index contributed by atoms with van der Waals surface area (Å²) in [6, 6.07) is 10.6. The Morgan fingerprint density at radius 1 is 1.38 bits per heavy atom. The fraction of sp³-hybridized carbons (Fsp3) is 0.429. The highest BCUT2D eigenvalue weighted by atomic mass is 32.1. The molecular weight excluding hydrogens is 342 g/mol. The van der Waals surface area contributed by atoms with Gasteiger partial charge in [-0.3, -0.25) is 4.79 Å². The largest absolute Gasteiger partial charge is 0.362 e. The zero-order valence-corrected chi connectivity index (χ0v) is 15.9. The highest BCUT2D eigenvalue weighted by Gasteiger charge is 2.25. The summed E-state index contributed by atoms with van der Waals surface area (Å²) in [6.45, 7) is 3.48. The molecule has 1 amide bonds. The highest BCUT2D eigenvalue weighted by molar-refractivity contribution is 7.16. The van der Waals surface area contributed by atoms with E-state index in [1.165, 1.54) is 10.4 Å². The number of fused-ring (bicyclic) bond motifs is 2. The Kier molecular flexibility index (Phi) is 4.69. The normalized spacial score (nSPS) is 18.6. The maximum absolute atomic E-state index is 12.7. The van der Waals surface area contributed by atoms with Crippen molar-refractivity contribution in [2.45, 2.75) is 39.0 Å². The topological polar surface area (TPSA) is 56.1 Å². The fourth-order valence-electron chi connectivity index (χ4n) is 4.07. The number of amides is 1. The van der Waals surface area contributed by atoms with Crippen LogP contribution >= 0.6 is 11.3 Å². The summed E-state index contributed by atoms with van der Waals surface area (Å²) >= 11 is 1.59. The smallest absolute Gasteiger partial charge is 0.244 e. The predicted octanol–water partition coefficient (Wildman–Crippen LogP) is 4.14. The second-order valence-electron chi connectivity index (χ2n) is 7.37. The Hall–Kier alpha value is -2.32. The van der Waals surface area contributed by atoms with E-state index in [9.17, 15) is 10.1 Å². The lowest BCUT2D eigenvalue weighted by molar-refractivity contribution is -0.115. The zero-order chi connectivity index (χ0) is 18.1. The number of nitrogens with one attached hydrogen (secondary N) is 1. The van der Waals surface area contributed by atoms with Crippen molar-refractivity contribution >= 4 is 27.9 Å². The molecule has 1 N–H and O–H groups in total. The van der Waals surface area contributed by atoms with Crippen LogP contribution < -0.4 is 10.2 Å². The second kappa shape index (κ2) is 7.13. The van der Waals surface area contributed by atoms with Crippen molar-refractivity contribution in [3.63, 3.8) is 0 Å². The molecule has 2 aromatic rings. The van der Waals surface area contributed by atoms with E-state index in [-0.39, 0.29) is 5.91 Å². The first kappa shape index (κ1) is 17.1. The molecule has 0 spiro atoms. The Balaban J connectivity index is 1.51. The minimum atomic E-state index is -0.0372. The van der Waals surface area contributed by atoms with Gasteiger partial charge in [-0.25, -0.2) is 0 Å². The predicted molar refractivity (Wildman–Crippen MR) is 106 cm³/mol. The van der Waals surface area contributed by atoms with Crippen LogP contribution in [0.4, 0.5) is 10.7 Å². The van der Waals surface area contributed by atoms with Crippen molar-refractivity contribution in [2.75, 3.05) is 23.3 Å². The first-order valence-electron chi connectivity index (χ1n) is 9.33. The van der Waals surface area contributed by atoms with E-state index in [2.05, 4.69) is 41.4 Å². The Morgan fingerprint density at radius 2 is 2.23 bits per heavy atom. The molecular formula is C21H23N3OS. The number of aryl methyl sites for hydroxylation is 1. The molecule has 0 saturated heterocycles. The van der Waals surface area contributed by atoms with Crippen LogP contribution in [0.3, 0.4) is 0 Å². The third kappa shape index (κ3) is 3.22. The van der Waals surface area contributed by atoms with Crippen molar-refractivity contribution in [1.29, 1.82) is 5.26 Å². The van der Waals surface area contributed by atoms with E-state index in [1.54, 1.807) is 11.3 Å². The number of nitriles is 1. The molecule has 2 aliphatic rings. The molecule has 0 fully saturated rings. The minimum Gasteiger partial charge on any atom is -0.362 e. The van der Waals surface area contributed by atoms with E-state index in [4.69, 9.17) is 0 Å². The first-order valence-corrected chi connectivity index (χ1v) is 10.1. The van der Waals surface area contributed by atoms with E-state index in [1.807, 2.05) is 6.07 Å². The van der Waals surface area contributed by atoms with Crippen LogP contribution in [0, 0.1) is 17.2 Å². The van der Waals surface area contributed by atoms with Gasteiger partial charge in [0.25, 0.3) is 0 Å². The molecule has 1 atom stereocenters. The molecule has 4 rings (SSSR count). The van der Waals surface area contributed by atoms with Gasteiger partial charge in [-0.1, -0.05) is 25.1 Å². The average molecular weight is 366 g/mol. The summed E-state index contributed by atoms with van der Waals surface area (Å²) in [5, 5.41) is 13.4. The van der Waals surface area contributed by atoms with Crippen LogP contribution in [0.25, 0.3) is 0 Å². The first-order chi connectivity index (χ1) is 12.7. The summed E-state index contributed by atoms with van der Waals surface area (Å²) in [4.78, 5) is 16.1. The maximum atomic E-state index is 12.7. The van der Waals surface area contributed by atoms with E-state index >= 15 is 0 Å². The van der Waals surface area contributed by atoms with Crippen molar-refractivity contribution in [1.82, 2.24) is 0 Å². The van der Waals surface area contributed by atoms with Gasteiger partial charge in [-0.2, -0.15) is 5.26 Å². The van der Waals surface area contributed by atoms with Crippen molar-refractivity contribution in [3.05, 3.63) is 45.8 Å². The summed E-state index contributed by atoms with van der Waals surface area (Å²) in [6.07, 6.45) is 5.23. The second-order valence-corrected chi connectivity index (χ2v) is 8.47. The summed E-state index contributed by atoms with van der Waals surface area (Å²) in [5.41, 5.74) is 4.32. The third-order valence-corrected chi connectivity index (χ3v) is 6.59. The van der Waals surface area contributed by atoms with Crippen LogP contribution in [0.15, 0.2) is 24.3 Å². The van der Waals surface area contributed by atoms with Crippen LogP contribution in [-0.4, -0.2) is 19.0 Å². The Labute approximate surface area is 158 Å². The Bertz CT molecular complexity index is 880. The van der Waals surface area contributed by atoms with Gasteiger partial charge in [0, 0.05) is 17.1 Å². The van der Waals surface area contributed by atoms with Gasteiger partial charge in [0.1, 0.15) is 11.1 Å². The lowest BCUT2D eigenvalue weighted by Gasteiger charge is -2.30. The average Bonchev–Trinajstić information content (AvgIpc) is 2.97. The summed E-state index contributed by atoms with van der Waals surface area (Å²) in [7, 11) is 0. The highest BCUT2D eigenvalue weighted by Crippen LogP contribution is 2.39. The van der Waals surface area contributed by atoms with Gasteiger partial charge in [-0.15, -0.1) is 11.3 Å². The van der Waals surface area contributed by atoms with Gasteiger partial charge < -0.3 is 10.2 Å². The number of carbonyl (C=O) groups excluding carboxylic acids is 1. The van der Waals surface area contributed by atoms with E-state index in [0.29, 0.717) is 18.0 Å². The number of benzene rings is 1. The number of rotatable bonds is 3. The minimum absolute atomic E-state index is 0.0372. The molecule has 5 heteroatoms. The van der Waals surface area contributed by atoms with Gasteiger partial charge in [-0.05, 0) is 55.2 Å². The number of anilines is 2. The van der Waals surface area contributed by atoms with Gasteiger partial charge in [0.2, 0.25) is 5.91 Å². The zero-order valence-electron chi connectivity index (χ0n) is 15.0. The number of hydrogen-bond donors (Lipinski definition) is 1. The number of nitrogens with zero attached hydrogens (tertiary/aromatic N) is 2. The molecule has 0 saturated carbocycles. The van der Waals surface area contributed by atoms with Crippen molar-refractivity contribution in [2.24, 2.45) is 5.92 Å². The summed E-state index contributed by atoms with van der Waals surface area (Å²) < 4.78 is 0. The van der Waals surface area contributed by atoms with E-state index < -0.39 is 0 Å². The molecule has 134 valence electrons. The number of thiophene rings is 1. The maximum Gasteiger partial charge on any atom is 0.244 e. The number of hydrogen-bond acceptors (Lipinski definition) is 4. The Morgan fingerprint density at radius 3 is 3.08 bits per heavy atom.